The molecule has 3 aromatic rings. The van der Waals surface area contributed by atoms with Crippen LogP contribution in [0.5, 0.6) is 5.88 Å². The fraction of sp³-hybridized carbons (Fsp3) is 0.261. The van der Waals surface area contributed by atoms with Gasteiger partial charge in [-0.25, -0.2) is 4.39 Å². The van der Waals surface area contributed by atoms with Gasteiger partial charge in [-0.3, -0.25) is 9.78 Å². The number of anilines is 3. The number of benzene rings is 1. The Morgan fingerprint density at radius 3 is 2.68 bits per heavy atom. The van der Waals surface area contributed by atoms with Crippen molar-refractivity contribution in [3.05, 3.63) is 71.8 Å². The third kappa shape index (κ3) is 4.97. The van der Waals surface area contributed by atoms with E-state index in [0.717, 1.165) is 24.5 Å². The van der Waals surface area contributed by atoms with Crippen molar-refractivity contribution < 1.29 is 18.7 Å². The van der Waals surface area contributed by atoms with E-state index >= 15 is 0 Å². The number of pyridine rings is 2. The Morgan fingerprint density at radius 1 is 1.16 bits per heavy atom. The number of rotatable bonds is 7. The lowest BCUT2D eigenvalue weighted by atomic mass is 10.0. The average molecular weight is 422 g/mol. The van der Waals surface area contributed by atoms with Gasteiger partial charge in [-0.2, -0.15) is 4.98 Å². The van der Waals surface area contributed by atoms with Crippen LogP contribution in [0, 0.1) is 5.82 Å². The SMILES string of the molecule is COc1nc(N2CCOCC2)ccc1C(=O)Cc1ccncc1Nc1ccc(F)cc1. The van der Waals surface area contributed by atoms with Crippen molar-refractivity contribution >= 4 is 23.0 Å². The normalized spacial score (nSPS) is 13.7. The van der Waals surface area contributed by atoms with Crippen LogP contribution in [0.1, 0.15) is 15.9 Å². The standard InChI is InChI=1S/C23H23FN4O3/c1-30-23-19(6-7-22(27-23)28-10-12-31-13-11-28)21(29)14-16-8-9-25-15-20(16)26-18-4-2-17(24)3-5-18/h2-9,15,26H,10-14H2,1H3. The predicted molar refractivity (Wildman–Crippen MR) is 116 cm³/mol. The van der Waals surface area contributed by atoms with Crippen molar-refractivity contribution in [1.29, 1.82) is 0 Å². The lowest BCUT2D eigenvalue weighted by molar-refractivity contribution is 0.0989. The summed E-state index contributed by atoms with van der Waals surface area (Å²) in [5.41, 5.74) is 2.57. The molecule has 7 nitrogen and oxygen atoms in total. The van der Waals surface area contributed by atoms with Crippen LogP contribution in [-0.4, -0.2) is 49.2 Å². The van der Waals surface area contributed by atoms with Crippen LogP contribution < -0.4 is 15.0 Å². The monoisotopic (exact) mass is 422 g/mol. The number of carbonyl (C=O) groups is 1. The van der Waals surface area contributed by atoms with E-state index in [-0.39, 0.29) is 18.0 Å². The van der Waals surface area contributed by atoms with Gasteiger partial charge in [-0.1, -0.05) is 0 Å². The molecule has 0 bridgehead atoms. The van der Waals surface area contributed by atoms with Gasteiger partial charge in [-0.05, 0) is 48.0 Å². The summed E-state index contributed by atoms with van der Waals surface area (Å²) >= 11 is 0. The van der Waals surface area contributed by atoms with Crippen LogP contribution in [-0.2, 0) is 11.2 Å². The first-order valence-electron chi connectivity index (χ1n) is 10.0. The number of carbonyl (C=O) groups excluding carboxylic acids is 1. The Hall–Kier alpha value is -3.52. The first-order chi connectivity index (χ1) is 15.1. The van der Waals surface area contributed by atoms with E-state index < -0.39 is 0 Å². The van der Waals surface area contributed by atoms with Crippen LogP contribution in [0.3, 0.4) is 0 Å². The maximum atomic E-state index is 13.2. The molecule has 160 valence electrons. The Balaban J connectivity index is 1.53. The molecule has 0 atom stereocenters. The minimum absolute atomic E-state index is 0.119. The highest BCUT2D eigenvalue weighted by Gasteiger charge is 2.19. The Kier molecular flexibility index (Phi) is 6.37. The zero-order valence-corrected chi connectivity index (χ0v) is 17.2. The number of halogens is 1. The predicted octanol–water partition coefficient (Wildman–Crippen LogP) is 3.63. The number of aromatic nitrogens is 2. The van der Waals surface area contributed by atoms with Crippen molar-refractivity contribution in [2.45, 2.75) is 6.42 Å². The number of ether oxygens (including phenoxy) is 2. The molecule has 1 saturated heterocycles. The van der Waals surface area contributed by atoms with Gasteiger partial charge in [0.25, 0.3) is 0 Å². The van der Waals surface area contributed by atoms with E-state index in [1.54, 1.807) is 36.7 Å². The smallest absolute Gasteiger partial charge is 0.226 e. The molecule has 1 aliphatic rings. The molecule has 2 aromatic heterocycles. The average Bonchev–Trinajstić information content (AvgIpc) is 2.82. The number of nitrogens with one attached hydrogen (secondary N) is 1. The fourth-order valence-corrected chi connectivity index (χ4v) is 3.41. The van der Waals surface area contributed by atoms with E-state index in [0.29, 0.717) is 36.0 Å². The zero-order chi connectivity index (χ0) is 21.6. The first-order valence-corrected chi connectivity index (χ1v) is 10.0. The van der Waals surface area contributed by atoms with E-state index in [4.69, 9.17) is 9.47 Å². The molecule has 0 spiro atoms. The summed E-state index contributed by atoms with van der Waals surface area (Å²) in [7, 11) is 1.51. The van der Waals surface area contributed by atoms with Crippen LogP contribution in [0.2, 0.25) is 0 Å². The van der Waals surface area contributed by atoms with Gasteiger partial charge >= 0.3 is 0 Å². The number of methoxy groups -OCH3 is 1. The van der Waals surface area contributed by atoms with Gasteiger partial charge in [0.1, 0.15) is 11.6 Å². The van der Waals surface area contributed by atoms with Gasteiger partial charge in [0, 0.05) is 31.4 Å². The molecule has 4 rings (SSSR count). The molecule has 1 fully saturated rings. The van der Waals surface area contributed by atoms with E-state index in [2.05, 4.69) is 20.2 Å². The highest BCUT2D eigenvalue weighted by Crippen LogP contribution is 2.26. The summed E-state index contributed by atoms with van der Waals surface area (Å²) in [6.45, 7) is 2.80. The molecule has 1 aromatic carbocycles. The quantitative estimate of drug-likeness (QED) is 0.583. The van der Waals surface area contributed by atoms with Gasteiger partial charge in [0.05, 0.1) is 37.8 Å². The third-order valence-corrected chi connectivity index (χ3v) is 5.06. The molecule has 0 radical (unpaired) electrons. The van der Waals surface area contributed by atoms with Gasteiger partial charge < -0.3 is 19.7 Å². The minimum Gasteiger partial charge on any atom is -0.480 e. The first kappa shape index (κ1) is 20.7. The molecule has 1 N–H and O–H groups in total. The molecule has 0 saturated carbocycles. The summed E-state index contributed by atoms with van der Waals surface area (Å²) in [4.78, 5) is 23.9. The van der Waals surface area contributed by atoms with Crippen LogP contribution in [0.25, 0.3) is 0 Å². The second kappa shape index (κ2) is 9.53. The topological polar surface area (TPSA) is 76.6 Å². The van der Waals surface area contributed by atoms with Crippen molar-refractivity contribution in [2.75, 3.05) is 43.6 Å². The van der Waals surface area contributed by atoms with Crippen LogP contribution in [0.15, 0.2) is 54.9 Å². The van der Waals surface area contributed by atoms with E-state index in [1.165, 1.54) is 19.2 Å². The minimum atomic E-state index is -0.313. The van der Waals surface area contributed by atoms with Gasteiger partial charge in [-0.15, -0.1) is 0 Å². The van der Waals surface area contributed by atoms with Crippen LogP contribution in [0.4, 0.5) is 21.6 Å². The highest BCUT2D eigenvalue weighted by atomic mass is 19.1. The summed E-state index contributed by atoms with van der Waals surface area (Å²) in [6, 6.07) is 11.4. The second-order valence-electron chi connectivity index (χ2n) is 7.09. The zero-order valence-electron chi connectivity index (χ0n) is 17.2. The highest BCUT2D eigenvalue weighted by molar-refractivity contribution is 6.00. The number of nitrogens with zero attached hydrogens (tertiary/aromatic N) is 3. The van der Waals surface area contributed by atoms with E-state index in [1.807, 2.05) is 6.07 Å². The Morgan fingerprint density at radius 2 is 1.94 bits per heavy atom. The molecule has 8 heteroatoms. The number of hydrogen-bond donors (Lipinski definition) is 1. The molecule has 0 unspecified atom stereocenters. The number of Topliss-reactive ketones (excluding diaryl/α,β-unsaturated/α-hetero) is 1. The second-order valence-corrected chi connectivity index (χ2v) is 7.09. The number of ketones is 1. The van der Waals surface area contributed by atoms with Gasteiger partial charge in [0.15, 0.2) is 5.78 Å². The largest absolute Gasteiger partial charge is 0.480 e. The van der Waals surface area contributed by atoms with Crippen molar-refractivity contribution in [2.24, 2.45) is 0 Å². The van der Waals surface area contributed by atoms with E-state index in [9.17, 15) is 9.18 Å². The Bertz CT molecular complexity index is 1050. The lowest BCUT2D eigenvalue weighted by Gasteiger charge is -2.28. The number of morpholine rings is 1. The molecular formula is C23H23FN4O3. The van der Waals surface area contributed by atoms with Crippen molar-refractivity contribution in [1.82, 2.24) is 9.97 Å². The molecular weight excluding hydrogens is 399 g/mol. The molecule has 0 amide bonds. The summed E-state index contributed by atoms with van der Waals surface area (Å²) in [5.74, 6) is 0.633. The summed E-state index contributed by atoms with van der Waals surface area (Å²) in [5, 5.41) is 3.19. The Labute approximate surface area is 179 Å². The van der Waals surface area contributed by atoms with Gasteiger partial charge in [0.2, 0.25) is 5.88 Å². The third-order valence-electron chi connectivity index (χ3n) is 5.06. The number of hydrogen-bond acceptors (Lipinski definition) is 7. The lowest BCUT2D eigenvalue weighted by Crippen LogP contribution is -2.36. The maximum absolute atomic E-state index is 13.2. The summed E-state index contributed by atoms with van der Waals surface area (Å²) < 4.78 is 24.0. The van der Waals surface area contributed by atoms with Crippen LogP contribution >= 0.6 is 0 Å². The molecule has 31 heavy (non-hydrogen) atoms. The summed E-state index contributed by atoms with van der Waals surface area (Å²) in [6.07, 6.45) is 3.42. The molecule has 0 aliphatic carbocycles. The van der Waals surface area contributed by atoms with Crippen molar-refractivity contribution in [3.8, 4) is 5.88 Å². The maximum Gasteiger partial charge on any atom is 0.226 e. The molecule has 3 heterocycles. The fourth-order valence-electron chi connectivity index (χ4n) is 3.41. The van der Waals surface area contributed by atoms with Crippen molar-refractivity contribution in [3.63, 3.8) is 0 Å². The molecule has 1 aliphatic heterocycles.